The maximum atomic E-state index is 12.7. The van der Waals surface area contributed by atoms with Crippen molar-refractivity contribution >= 4 is 21.6 Å². The summed E-state index contributed by atoms with van der Waals surface area (Å²) in [6, 6.07) is 6.65. The van der Waals surface area contributed by atoms with Crippen LogP contribution in [0.2, 0.25) is 5.02 Å². The van der Waals surface area contributed by atoms with Crippen molar-refractivity contribution < 1.29 is 8.42 Å². The Morgan fingerprint density at radius 1 is 1.35 bits per heavy atom. The van der Waals surface area contributed by atoms with Crippen molar-refractivity contribution in [2.75, 3.05) is 19.6 Å². The second kappa shape index (κ2) is 6.89. The number of sulfonamides is 1. The lowest BCUT2D eigenvalue weighted by Gasteiger charge is -2.24. The molecule has 0 spiro atoms. The van der Waals surface area contributed by atoms with Gasteiger partial charge in [0.2, 0.25) is 10.0 Å². The van der Waals surface area contributed by atoms with Crippen molar-refractivity contribution in [1.82, 2.24) is 9.62 Å². The monoisotopic (exact) mass is 316 g/mol. The summed E-state index contributed by atoms with van der Waals surface area (Å²) in [5, 5.41) is 3.90. The Kier molecular flexibility index (Phi) is 5.43. The first-order valence-electron chi connectivity index (χ1n) is 7.03. The topological polar surface area (TPSA) is 49.4 Å². The molecule has 6 heteroatoms. The third-order valence-corrected chi connectivity index (χ3v) is 5.64. The highest BCUT2D eigenvalue weighted by Gasteiger charge is 2.27. The molecule has 0 bridgehead atoms. The molecule has 0 aromatic heterocycles. The van der Waals surface area contributed by atoms with E-state index in [0.717, 1.165) is 25.8 Å². The summed E-state index contributed by atoms with van der Waals surface area (Å²) in [4.78, 5) is 0.313. The van der Waals surface area contributed by atoms with Crippen molar-refractivity contribution in [3.63, 3.8) is 0 Å². The molecule has 1 aromatic carbocycles. The van der Waals surface area contributed by atoms with Crippen LogP contribution < -0.4 is 5.32 Å². The number of hydrogen-bond donors (Lipinski definition) is 1. The van der Waals surface area contributed by atoms with Gasteiger partial charge >= 0.3 is 0 Å². The summed E-state index contributed by atoms with van der Waals surface area (Å²) in [5.41, 5.74) is 0. The van der Waals surface area contributed by atoms with E-state index < -0.39 is 10.0 Å². The summed E-state index contributed by atoms with van der Waals surface area (Å²) in [6.45, 7) is 4.06. The molecular weight excluding hydrogens is 296 g/mol. The fourth-order valence-corrected chi connectivity index (χ4v) is 4.18. The van der Waals surface area contributed by atoms with Crippen LogP contribution in [0, 0.1) is 0 Å². The van der Waals surface area contributed by atoms with E-state index >= 15 is 0 Å². The van der Waals surface area contributed by atoms with Crippen molar-refractivity contribution in [2.24, 2.45) is 0 Å². The molecule has 0 aliphatic carbocycles. The molecule has 1 N–H and O–H groups in total. The molecule has 1 saturated heterocycles. The van der Waals surface area contributed by atoms with Crippen LogP contribution >= 0.6 is 11.6 Å². The Labute approximate surface area is 126 Å². The lowest BCUT2D eigenvalue weighted by atomic mass is 10.2. The molecule has 112 valence electrons. The Morgan fingerprint density at radius 3 is 2.60 bits per heavy atom. The zero-order valence-corrected chi connectivity index (χ0v) is 13.3. The van der Waals surface area contributed by atoms with E-state index in [4.69, 9.17) is 11.6 Å². The highest BCUT2D eigenvalue weighted by molar-refractivity contribution is 7.89. The minimum absolute atomic E-state index is 0.267. The van der Waals surface area contributed by atoms with Gasteiger partial charge in [-0.05, 0) is 50.1 Å². The van der Waals surface area contributed by atoms with Crippen LogP contribution in [-0.4, -0.2) is 38.4 Å². The van der Waals surface area contributed by atoms with Gasteiger partial charge in [-0.25, -0.2) is 8.42 Å². The number of benzene rings is 1. The molecule has 2 rings (SSSR count). The highest BCUT2D eigenvalue weighted by Crippen LogP contribution is 2.20. The van der Waals surface area contributed by atoms with Gasteiger partial charge < -0.3 is 5.32 Å². The molecule has 1 unspecified atom stereocenters. The van der Waals surface area contributed by atoms with Crippen LogP contribution in [0.3, 0.4) is 0 Å². The molecule has 1 fully saturated rings. The fraction of sp³-hybridized carbons (Fsp3) is 0.571. The smallest absolute Gasteiger partial charge is 0.243 e. The lowest BCUT2D eigenvalue weighted by Crippen LogP contribution is -2.41. The third kappa shape index (κ3) is 3.73. The SMILES string of the molecule is CCCN(CC1CCCN1)S(=O)(=O)c1ccc(Cl)cc1. The molecule has 1 aromatic rings. The Balaban J connectivity index is 2.19. The van der Waals surface area contributed by atoms with Gasteiger partial charge in [-0.15, -0.1) is 0 Å². The zero-order valence-electron chi connectivity index (χ0n) is 11.7. The molecule has 1 aliphatic rings. The molecule has 1 atom stereocenters. The number of nitrogens with one attached hydrogen (secondary N) is 1. The van der Waals surface area contributed by atoms with Gasteiger partial charge in [-0.1, -0.05) is 18.5 Å². The van der Waals surface area contributed by atoms with Crippen LogP contribution in [0.4, 0.5) is 0 Å². The van der Waals surface area contributed by atoms with Crippen molar-refractivity contribution in [2.45, 2.75) is 37.1 Å². The average molecular weight is 317 g/mol. The summed E-state index contributed by atoms with van der Waals surface area (Å²) in [7, 11) is -3.43. The Hall–Kier alpha value is -0.620. The first-order valence-corrected chi connectivity index (χ1v) is 8.85. The van der Waals surface area contributed by atoms with E-state index in [0.29, 0.717) is 23.0 Å². The second-order valence-corrected chi connectivity index (χ2v) is 7.48. The molecule has 4 nitrogen and oxygen atoms in total. The minimum atomic E-state index is -3.43. The molecule has 1 aliphatic heterocycles. The largest absolute Gasteiger partial charge is 0.313 e. The van der Waals surface area contributed by atoms with Gasteiger partial charge in [0, 0.05) is 24.2 Å². The van der Waals surface area contributed by atoms with Crippen molar-refractivity contribution in [1.29, 1.82) is 0 Å². The summed E-state index contributed by atoms with van der Waals surface area (Å²) >= 11 is 5.82. The minimum Gasteiger partial charge on any atom is -0.313 e. The quantitative estimate of drug-likeness (QED) is 0.877. The summed E-state index contributed by atoms with van der Waals surface area (Å²) < 4.78 is 26.9. The maximum Gasteiger partial charge on any atom is 0.243 e. The molecule has 1 heterocycles. The van der Waals surface area contributed by atoms with Crippen molar-refractivity contribution in [3.05, 3.63) is 29.3 Å². The first kappa shape index (κ1) is 15.8. The maximum absolute atomic E-state index is 12.7. The normalized spacial score (nSPS) is 19.6. The van der Waals surface area contributed by atoms with Gasteiger partial charge in [0.05, 0.1) is 4.90 Å². The van der Waals surface area contributed by atoms with Crippen LogP contribution in [-0.2, 0) is 10.0 Å². The first-order chi connectivity index (χ1) is 9.54. The van der Waals surface area contributed by atoms with E-state index in [1.165, 1.54) is 0 Å². The molecule has 20 heavy (non-hydrogen) atoms. The molecule has 0 radical (unpaired) electrons. The van der Waals surface area contributed by atoms with E-state index in [-0.39, 0.29) is 6.04 Å². The van der Waals surface area contributed by atoms with Crippen LogP contribution in [0.15, 0.2) is 29.2 Å². The van der Waals surface area contributed by atoms with Crippen molar-refractivity contribution in [3.8, 4) is 0 Å². The molecular formula is C14H21ClN2O2S. The van der Waals surface area contributed by atoms with E-state index in [1.807, 2.05) is 6.92 Å². The molecule has 0 amide bonds. The highest BCUT2D eigenvalue weighted by atomic mass is 35.5. The fourth-order valence-electron chi connectivity index (χ4n) is 2.47. The van der Waals surface area contributed by atoms with Gasteiger partial charge in [0.25, 0.3) is 0 Å². The van der Waals surface area contributed by atoms with Gasteiger partial charge in [-0.3, -0.25) is 0 Å². The van der Waals surface area contributed by atoms with E-state index in [1.54, 1.807) is 28.6 Å². The van der Waals surface area contributed by atoms with Gasteiger partial charge in [0.15, 0.2) is 0 Å². The molecule has 0 saturated carbocycles. The number of nitrogens with zero attached hydrogens (tertiary/aromatic N) is 1. The summed E-state index contributed by atoms with van der Waals surface area (Å²) in [6.07, 6.45) is 2.96. The third-order valence-electron chi connectivity index (χ3n) is 3.51. The van der Waals surface area contributed by atoms with E-state index in [9.17, 15) is 8.42 Å². The number of halogens is 1. The van der Waals surface area contributed by atoms with Crippen LogP contribution in [0.1, 0.15) is 26.2 Å². The van der Waals surface area contributed by atoms with Gasteiger partial charge in [-0.2, -0.15) is 4.31 Å². The Morgan fingerprint density at radius 2 is 2.05 bits per heavy atom. The van der Waals surface area contributed by atoms with Crippen LogP contribution in [0.5, 0.6) is 0 Å². The predicted molar refractivity (Wildman–Crippen MR) is 81.5 cm³/mol. The van der Waals surface area contributed by atoms with E-state index in [2.05, 4.69) is 5.32 Å². The zero-order chi connectivity index (χ0) is 14.6. The predicted octanol–water partition coefficient (Wildman–Crippen LogP) is 2.49. The van der Waals surface area contributed by atoms with Crippen LogP contribution in [0.25, 0.3) is 0 Å². The summed E-state index contributed by atoms with van der Waals surface area (Å²) in [5.74, 6) is 0. The number of hydrogen-bond acceptors (Lipinski definition) is 3. The second-order valence-electron chi connectivity index (χ2n) is 5.11. The average Bonchev–Trinajstić information content (AvgIpc) is 2.92. The lowest BCUT2D eigenvalue weighted by molar-refractivity contribution is 0.369. The number of rotatable bonds is 6. The standard InChI is InChI=1S/C14H21ClN2O2S/c1-2-10-17(11-13-4-3-9-16-13)20(18,19)14-7-5-12(15)6-8-14/h5-8,13,16H,2-4,9-11H2,1H3. The Bertz CT molecular complexity index is 525. The van der Waals surface area contributed by atoms with Gasteiger partial charge in [0.1, 0.15) is 0 Å².